The number of rotatable bonds is 6. The largest absolute Gasteiger partial charge is 0.477 e. The molecule has 0 spiro atoms. The van der Waals surface area contributed by atoms with E-state index in [4.69, 9.17) is 23.2 Å². The maximum absolute atomic E-state index is 12.4. The Kier molecular flexibility index (Phi) is 6.45. The van der Waals surface area contributed by atoms with Crippen molar-refractivity contribution >= 4 is 35.1 Å². The Morgan fingerprint density at radius 2 is 1.85 bits per heavy atom. The number of nitrogens with zero attached hydrogens (tertiary/aromatic N) is 1. The van der Waals surface area contributed by atoms with E-state index in [0.29, 0.717) is 29.2 Å². The number of amides is 1. The molecule has 2 N–H and O–H groups in total. The van der Waals surface area contributed by atoms with Gasteiger partial charge < -0.3 is 15.0 Å². The molecule has 1 amide bonds. The minimum atomic E-state index is -1.33. The van der Waals surface area contributed by atoms with E-state index >= 15 is 0 Å². The number of nitrogens with one attached hydrogen (secondary N) is 1. The summed E-state index contributed by atoms with van der Waals surface area (Å²) < 4.78 is 1.68. The first-order valence-electron chi connectivity index (χ1n) is 8.02. The number of aromatic nitrogens is 1. The number of pyridine rings is 1. The average molecular weight is 397 g/mol. The molecule has 0 atom stereocenters. The van der Waals surface area contributed by atoms with E-state index in [2.05, 4.69) is 5.32 Å². The maximum Gasteiger partial charge on any atom is 0.341 e. The molecule has 1 aromatic heterocycles. The SMILES string of the molecule is CCC(=O)NCc1cc(=O)c(C(=O)O)c(-c2ccc(Cl)c(Cl)c2)n1CC. The zero-order chi connectivity index (χ0) is 19.4. The summed E-state index contributed by atoms with van der Waals surface area (Å²) in [5.74, 6) is -1.50. The number of halogens is 2. The molecule has 8 heteroatoms. The number of benzene rings is 1. The average Bonchev–Trinajstić information content (AvgIpc) is 2.60. The van der Waals surface area contributed by atoms with Gasteiger partial charge >= 0.3 is 5.97 Å². The number of hydrogen-bond donors (Lipinski definition) is 2. The van der Waals surface area contributed by atoms with Crippen LogP contribution in [0.3, 0.4) is 0 Å². The van der Waals surface area contributed by atoms with Crippen molar-refractivity contribution in [1.29, 1.82) is 0 Å². The molecule has 0 bridgehead atoms. The Morgan fingerprint density at radius 3 is 2.38 bits per heavy atom. The number of carboxylic acids is 1. The first kappa shape index (κ1) is 20.0. The van der Waals surface area contributed by atoms with Crippen LogP contribution in [0, 0.1) is 0 Å². The van der Waals surface area contributed by atoms with Crippen LogP contribution in [-0.4, -0.2) is 21.6 Å². The van der Waals surface area contributed by atoms with Gasteiger partial charge in [-0.2, -0.15) is 0 Å². The van der Waals surface area contributed by atoms with Crippen molar-refractivity contribution in [3.63, 3.8) is 0 Å². The van der Waals surface area contributed by atoms with Crippen LogP contribution in [0.1, 0.15) is 36.3 Å². The summed E-state index contributed by atoms with van der Waals surface area (Å²) in [6, 6.07) is 5.91. The predicted octanol–water partition coefficient (Wildman–Crippen LogP) is 3.57. The van der Waals surface area contributed by atoms with Gasteiger partial charge in [-0.25, -0.2) is 4.79 Å². The monoisotopic (exact) mass is 396 g/mol. The Bertz CT molecular complexity index is 922. The lowest BCUT2D eigenvalue weighted by Gasteiger charge is -2.20. The Hall–Kier alpha value is -2.31. The standard InChI is InChI=1S/C18H18Cl2N2O4/c1-3-15(24)21-9-11-8-14(23)16(18(25)26)17(22(11)4-2)10-5-6-12(19)13(20)7-10/h5-8H,3-4,9H2,1-2H3,(H,21,24)(H,25,26). The summed E-state index contributed by atoms with van der Waals surface area (Å²) in [6.45, 7) is 4.05. The zero-order valence-electron chi connectivity index (χ0n) is 14.3. The van der Waals surface area contributed by atoms with E-state index in [0.717, 1.165) is 0 Å². The molecule has 0 fully saturated rings. The molecule has 0 saturated carbocycles. The summed E-state index contributed by atoms with van der Waals surface area (Å²) in [5.41, 5.74) is 0.205. The highest BCUT2D eigenvalue weighted by Crippen LogP contribution is 2.30. The lowest BCUT2D eigenvalue weighted by molar-refractivity contribution is -0.120. The third-order valence-corrected chi connectivity index (χ3v) is 4.65. The molecule has 0 unspecified atom stereocenters. The number of hydrogen-bond acceptors (Lipinski definition) is 3. The van der Waals surface area contributed by atoms with Gasteiger partial charge in [0.15, 0.2) is 5.43 Å². The van der Waals surface area contributed by atoms with Gasteiger partial charge in [0.05, 0.1) is 22.3 Å². The molecule has 0 saturated heterocycles. The van der Waals surface area contributed by atoms with Gasteiger partial charge in [-0.3, -0.25) is 9.59 Å². The second-order valence-corrected chi connectivity index (χ2v) is 6.35. The van der Waals surface area contributed by atoms with Crippen molar-refractivity contribution in [3.05, 3.63) is 55.8 Å². The highest BCUT2D eigenvalue weighted by atomic mass is 35.5. The molecule has 1 aromatic carbocycles. The summed E-state index contributed by atoms with van der Waals surface area (Å²) in [5, 5.41) is 12.8. The number of carbonyl (C=O) groups is 2. The lowest BCUT2D eigenvalue weighted by atomic mass is 10.0. The van der Waals surface area contributed by atoms with Crippen LogP contribution in [0.15, 0.2) is 29.1 Å². The molecule has 6 nitrogen and oxygen atoms in total. The van der Waals surface area contributed by atoms with Gasteiger partial charge in [0.2, 0.25) is 5.91 Å². The highest BCUT2D eigenvalue weighted by molar-refractivity contribution is 6.42. The second kappa shape index (κ2) is 8.38. The molecule has 0 aliphatic heterocycles. The second-order valence-electron chi connectivity index (χ2n) is 5.53. The fourth-order valence-electron chi connectivity index (χ4n) is 2.67. The predicted molar refractivity (Wildman–Crippen MR) is 101 cm³/mol. The summed E-state index contributed by atoms with van der Waals surface area (Å²) in [6.07, 6.45) is 0.309. The third-order valence-electron chi connectivity index (χ3n) is 3.91. The fourth-order valence-corrected chi connectivity index (χ4v) is 2.97. The Morgan fingerprint density at radius 1 is 1.15 bits per heavy atom. The Balaban J connectivity index is 2.74. The van der Waals surface area contributed by atoms with E-state index < -0.39 is 11.4 Å². The number of aromatic carboxylic acids is 1. The molecule has 26 heavy (non-hydrogen) atoms. The molecular weight excluding hydrogens is 379 g/mol. The maximum atomic E-state index is 12.4. The lowest BCUT2D eigenvalue weighted by Crippen LogP contribution is -2.28. The smallest absolute Gasteiger partial charge is 0.341 e. The van der Waals surface area contributed by atoms with Crippen LogP contribution in [0.25, 0.3) is 11.3 Å². The van der Waals surface area contributed by atoms with Crippen molar-refractivity contribution in [1.82, 2.24) is 9.88 Å². The van der Waals surface area contributed by atoms with Crippen LogP contribution in [-0.2, 0) is 17.9 Å². The van der Waals surface area contributed by atoms with Crippen LogP contribution in [0.5, 0.6) is 0 Å². The quantitative estimate of drug-likeness (QED) is 0.780. The minimum Gasteiger partial charge on any atom is -0.477 e. The van der Waals surface area contributed by atoms with E-state index in [-0.39, 0.29) is 28.7 Å². The molecule has 0 radical (unpaired) electrons. The summed E-state index contributed by atoms with van der Waals surface area (Å²) in [4.78, 5) is 35.7. The van der Waals surface area contributed by atoms with Crippen molar-refractivity contribution in [2.75, 3.05) is 0 Å². The van der Waals surface area contributed by atoms with E-state index in [1.54, 1.807) is 23.6 Å². The van der Waals surface area contributed by atoms with Gasteiger partial charge in [-0.05, 0) is 19.1 Å². The van der Waals surface area contributed by atoms with Gasteiger partial charge in [0, 0.05) is 30.3 Å². The molecular formula is C18H18Cl2N2O4. The molecule has 138 valence electrons. The first-order valence-corrected chi connectivity index (χ1v) is 8.77. The molecule has 0 aliphatic carbocycles. The van der Waals surface area contributed by atoms with E-state index in [1.807, 2.05) is 6.92 Å². The van der Waals surface area contributed by atoms with Gasteiger partial charge in [-0.1, -0.05) is 36.2 Å². The normalized spacial score (nSPS) is 10.6. The van der Waals surface area contributed by atoms with Crippen molar-refractivity contribution in [2.45, 2.75) is 33.4 Å². The van der Waals surface area contributed by atoms with Crippen LogP contribution < -0.4 is 10.7 Å². The topological polar surface area (TPSA) is 88.4 Å². The Labute approximate surface area is 160 Å². The van der Waals surface area contributed by atoms with E-state index in [1.165, 1.54) is 12.1 Å². The number of carbonyl (C=O) groups excluding carboxylic acids is 1. The van der Waals surface area contributed by atoms with Gasteiger partial charge in [0.25, 0.3) is 0 Å². The summed E-state index contributed by atoms with van der Waals surface area (Å²) >= 11 is 12.0. The van der Waals surface area contributed by atoms with Crippen molar-refractivity contribution < 1.29 is 14.7 Å². The molecule has 1 heterocycles. The van der Waals surface area contributed by atoms with Gasteiger partial charge in [0.1, 0.15) is 5.56 Å². The van der Waals surface area contributed by atoms with Gasteiger partial charge in [-0.15, -0.1) is 0 Å². The van der Waals surface area contributed by atoms with Crippen LogP contribution >= 0.6 is 23.2 Å². The molecule has 2 rings (SSSR count). The third kappa shape index (κ3) is 4.08. The first-order chi connectivity index (χ1) is 12.3. The van der Waals surface area contributed by atoms with Crippen LogP contribution in [0.2, 0.25) is 10.0 Å². The number of carboxylic acid groups (broad SMARTS) is 1. The molecule has 0 aliphatic rings. The highest BCUT2D eigenvalue weighted by Gasteiger charge is 2.22. The van der Waals surface area contributed by atoms with Crippen molar-refractivity contribution in [2.24, 2.45) is 0 Å². The van der Waals surface area contributed by atoms with Crippen molar-refractivity contribution in [3.8, 4) is 11.3 Å². The van der Waals surface area contributed by atoms with E-state index in [9.17, 15) is 19.5 Å². The minimum absolute atomic E-state index is 0.115. The van der Waals surface area contributed by atoms with Crippen LogP contribution in [0.4, 0.5) is 0 Å². The molecule has 2 aromatic rings. The fraction of sp³-hybridized carbons (Fsp3) is 0.278. The summed E-state index contributed by atoms with van der Waals surface area (Å²) in [7, 11) is 0. The zero-order valence-corrected chi connectivity index (χ0v) is 15.8.